The maximum Gasteiger partial charge on any atom is 0.197 e. The summed E-state index contributed by atoms with van der Waals surface area (Å²) >= 11 is 26.6. The molecule has 0 saturated carbocycles. The fraction of sp³-hybridized carbons (Fsp3) is 0.500. The Morgan fingerprint density at radius 3 is 1.62 bits per heavy atom. The monoisotopic (exact) mass is 724 g/mol. The molecule has 17 heteroatoms. The zero-order valence-electron chi connectivity index (χ0n) is 19.9. The van der Waals surface area contributed by atoms with Gasteiger partial charge in [-0.25, -0.2) is 9.97 Å². The molecule has 212 valence electrons. The van der Waals surface area contributed by atoms with Gasteiger partial charge in [-0.2, -0.15) is 0 Å². The van der Waals surface area contributed by atoms with Crippen molar-refractivity contribution in [3.8, 4) is 0 Å². The van der Waals surface area contributed by atoms with Crippen LogP contribution in [0.5, 0.6) is 0 Å². The van der Waals surface area contributed by atoms with Crippen LogP contribution in [0.4, 0.5) is 0 Å². The van der Waals surface area contributed by atoms with Gasteiger partial charge in [0.25, 0.3) is 0 Å². The summed E-state index contributed by atoms with van der Waals surface area (Å²) in [5.74, 6) is 2.05. The van der Waals surface area contributed by atoms with E-state index in [-0.39, 0.29) is 22.5 Å². The molecule has 0 radical (unpaired) electrons. The molecular formula is C20H31Cl5N4O2P2S4. The van der Waals surface area contributed by atoms with Gasteiger partial charge < -0.3 is 14.9 Å². The van der Waals surface area contributed by atoms with Gasteiger partial charge in [-0.1, -0.05) is 45.0 Å². The smallest absolute Gasteiger partial charge is 0.197 e. The number of rotatable bonds is 16. The third-order valence-corrected chi connectivity index (χ3v) is 16.6. The summed E-state index contributed by atoms with van der Waals surface area (Å²) in [6.45, 7) is -1.20. The maximum absolute atomic E-state index is 11.8. The van der Waals surface area contributed by atoms with Crippen LogP contribution in [0, 0.1) is 0 Å². The molecule has 2 heterocycles. The first-order valence-corrected chi connectivity index (χ1v) is 22.5. The number of pyridine rings is 2. The Hall–Kier alpha value is 1.53. The Morgan fingerprint density at radius 1 is 0.784 bits per heavy atom. The van der Waals surface area contributed by atoms with Gasteiger partial charge in [0.2, 0.25) is 0 Å². The number of hydrogen-bond donors (Lipinski definition) is 2. The van der Waals surface area contributed by atoms with Gasteiger partial charge in [-0.15, -0.1) is 46.4 Å². The Labute approximate surface area is 261 Å². The van der Waals surface area contributed by atoms with E-state index in [0.29, 0.717) is 6.54 Å². The summed E-state index contributed by atoms with van der Waals surface area (Å²) in [4.78, 5) is 8.40. The molecule has 0 atom stereocenters. The van der Waals surface area contributed by atoms with E-state index in [2.05, 4.69) is 15.1 Å². The summed E-state index contributed by atoms with van der Waals surface area (Å²) in [7, 11) is 4.36. The first kappa shape index (κ1) is 38.5. The van der Waals surface area contributed by atoms with Gasteiger partial charge in [0.05, 0.1) is 22.5 Å². The summed E-state index contributed by atoms with van der Waals surface area (Å²) in [6, 6.07) is 11.8. The second-order valence-corrected chi connectivity index (χ2v) is 20.9. The van der Waals surface area contributed by atoms with Crippen molar-refractivity contribution in [3.05, 3.63) is 48.8 Å². The molecule has 0 amide bonds. The third kappa shape index (κ3) is 22.9. The lowest BCUT2D eigenvalue weighted by atomic mass is 10.5. The van der Waals surface area contributed by atoms with Crippen LogP contribution in [0.1, 0.15) is 12.8 Å². The normalized spacial score (nSPS) is 11.2. The summed E-state index contributed by atoms with van der Waals surface area (Å²) in [5.41, 5.74) is 5.46. The van der Waals surface area contributed by atoms with Crippen LogP contribution in [0.3, 0.4) is 0 Å². The zero-order chi connectivity index (χ0) is 27.8. The van der Waals surface area contributed by atoms with Crippen molar-refractivity contribution in [2.24, 2.45) is 5.73 Å². The van der Waals surface area contributed by atoms with E-state index in [0.717, 1.165) is 40.9 Å². The van der Waals surface area contributed by atoms with Gasteiger partial charge >= 0.3 is 0 Å². The molecule has 3 N–H and O–H groups in total. The molecule has 0 fully saturated rings. The molecule has 2 rings (SSSR count). The maximum atomic E-state index is 11.8. The largest absolute Gasteiger partial charge is 0.330 e. The average Bonchev–Trinajstić information content (AvgIpc) is 2.94. The first-order chi connectivity index (χ1) is 17.8. The van der Waals surface area contributed by atoms with Crippen molar-refractivity contribution >= 4 is 115 Å². The fourth-order valence-corrected chi connectivity index (χ4v) is 8.56. The zero-order valence-corrected chi connectivity index (χ0v) is 28.7. The van der Waals surface area contributed by atoms with Gasteiger partial charge in [-0.3, -0.25) is 5.09 Å². The van der Waals surface area contributed by atoms with Crippen molar-refractivity contribution in [2.45, 2.75) is 22.9 Å². The van der Waals surface area contributed by atoms with Crippen molar-refractivity contribution in [1.82, 2.24) is 15.1 Å². The van der Waals surface area contributed by atoms with E-state index >= 15 is 0 Å². The van der Waals surface area contributed by atoms with Crippen LogP contribution in [0.2, 0.25) is 0 Å². The lowest BCUT2D eigenvalue weighted by Crippen LogP contribution is -2.14. The van der Waals surface area contributed by atoms with E-state index in [4.69, 9.17) is 63.4 Å². The predicted octanol–water partition coefficient (Wildman–Crippen LogP) is 9.54. The highest BCUT2D eigenvalue weighted by Crippen LogP contribution is 2.52. The quantitative estimate of drug-likeness (QED) is 0.0754. The molecule has 2 aromatic heterocycles. The fourth-order valence-electron chi connectivity index (χ4n) is 1.70. The lowest BCUT2D eigenvalue weighted by Gasteiger charge is -2.13. The van der Waals surface area contributed by atoms with E-state index in [1.807, 2.05) is 42.6 Å². The molecule has 37 heavy (non-hydrogen) atoms. The molecule has 0 aromatic carbocycles. The second kappa shape index (κ2) is 25.3. The number of nitrogens with one attached hydrogen (secondary N) is 1. The van der Waals surface area contributed by atoms with Crippen LogP contribution < -0.4 is 10.8 Å². The Balaban J connectivity index is 0.000000586. The minimum Gasteiger partial charge on any atom is -0.330 e. The molecule has 6 nitrogen and oxygen atoms in total. The van der Waals surface area contributed by atoms with Gasteiger partial charge in [0.15, 0.2) is 13.8 Å². The Kier molecular flexibility index (Phi) is 26.3. The van der Waals surface area contributed by atoms with Gasteiger partial charge in [0, 0.05) is 30.4 Å². The molecular weight excluding hydrogens is 696 g/mol. The molecule has 0 spiro atoms. The van der Waals surface area contributed by atoms with E-state index in [1.165, 1.54) is 0 Å². The average molecular weight is 727 g/mol. The molecule has 2 aromatic rings. The van der Waals surface area contributed by atoms with Crippen LogP contribution in [0.15, 0.2) is 58.8 Å². The Bertz CT molecular complexity index is 886. The van der Waals surface area contributed by atoms with Crippen LogP contribution in [-0.2, 0) is 9.13 Å². The number of hydrogen-bond acceptors (Lipinski definition) is 9. The topological polar surface area (TPSA) is 98.0 Å². The lowest BCUT2D eigenvalue weighted by molar-refractivity contribution is 0.570. The van der Waals surface area contributed by atoms with E-state index < -0.39 is 13.8 Å². The molecule has 0 aliphatic carbocycles. The van der Waals surface area contributed by atoms with Crippen LogP contribution in [0.25, 0.3) is 0 Å². The van der Waals surface area contributed by atoms with Gasteiger partial charge in [0.1, 0.15) is 10.1 Å². The molecule has 0 aliphatic rings. The number of nitrogens with zero attached hydrogens (tertiary/aromatic N) is 2. The number of alkyl halides is 4. The van der Waals surface area contributed by atoms with Crippen molar-refractivity contribution < 1.29 is 9.13 Å². The highest BCUT2D eigenvalue weighted by Gasteiger charge is 2.17. The summed E-state index contributed by atoms with van der Waals surface area (Å²) in [5, 5.41) is 5.02. The van der Waals surface area contributed by atoms with E-state index in [9.17, 15) is 9.13 Å². The minimum atomic E-state index is -2.65. The minimum absolute atomic E-state index is 0.0436. The number of halogens is 5. The summed E-state index contributed by atoms with van der Waals surface area (Å²) in [6.07, 6.45) is 5.58. The Morgan fingerprint density at radius 2 is 1.27 bits per heavy atom. The van der Waals surface area contributed by atoms with Crippen molar-refractivity contribution in [3.63, 3.8) is 0 Å². The molecule has 0 bridgehead atoms. The van der Waals surface area contributed by atoms with Crippen molar-refractivity contribution in [2.75, 3.05) is 47.1 Å². The third-order valence-electron chi connectivity index (χ3n) is 3.54. The van der Waals surface area contributed by atoms with Gasteiger partial charge in [-0.05, 0) is 65.2 Å². The van der Waals surface area contributed by atoms with Crippen LogP contribution >= 0.6 is 115 Å². The number of nitrogens with two attached hydrogens (primary N) is 1. The molecule has 0 aliphatic heterocycles. The number of aromatic nitrogens is 2. The highest BCUT2D eigenvalue weighted by atomic mass is 35.7. The summed E-state index contributed by atoms with van der Waals surface area (Å²) < 4.78 is 22.3. The second-order valence-electron chi connectivity index (χ2n) is 6.71. The van der Waals surface area contributed by atoms with E-state index in [1.54, 1.807) is 49.4 Å². The standard InChI is InChI=1S/C10H15Cl2N2OPS2.C8H12N2S2.C2H4Cl3OP/c11-8-16(15,9-12)14-6-3-7-17-18-10-4-1-2-5-13-10;9-5-3-7-11-12-8-4-1-2-6-10-8;3-1-7(5,6)2-4/h1-2,4-5H,3,6-9H2,(H,14,15);1-2,4,6H,3,5,7,9H2;1-2H2. The molecule has 0 unspecified atom stereocenters. The SMILES string of the molecule is NCCCSSc1ccccn1.O=P(CCl)(CCl)NCCCSSc1ccccn1.O=P(Cl)(CCl)CCl. The first-order valence-electron chi connectivity index (χ1n) is 10.7. The van der Waals surface area contributed by atoms with Crippen LogP contribution in [-0.4, -0.2) is 57.0 Å². The van der Waals surface area contributed by atoms with Crippen molar-refractivity contribution in [1.29, 1.82) is 0 Å². The highest BCUT2D eigenvalue weighted by molar-refractivity contribution is 8.77. The molecule has 0 saturated heterocycles. The predicted molar refractivity (Wildman–Crippen MR) is 175 cm³/mol.